The van der Waals surface area contributed by atoms with E-state index in [1.54, 1.807) is 23.1 Å². The van der Waals surface area contributed by atoms with Crippen molar-refractivity contribution < 1.29 is 9.59 Å². The lowest BCUT2D eigenvalue weighted by Gasteiger charge is -2.16. The zero-order chi connectivity index (χ0) is 17.8. The van der Waals surface area contributed by atoms with Gasteiger partial charge in [-0.15, -0.1) is 0 Å². The highest BCUT2D eigenvalue weighted by molar-refractivity contribution is 6.36. The summed E-state index contributed by atoms with van der Waals surface area (Å²) in [6.45, 7) is 0.858. The highest BCUT2D eigenvalue weighted by atomic mass is 35.5. The number of nitrogens with zero attached hydrogens (tertiary/aromatic N) is 1. The first kappa shape index (κ1) is 17.6. The average molecular weight is 378 g/mol. The molecule has 7 heteroatoms. The third kappa shape index (κ3) is 4.44. The molecule has 1 fully saturated rings. The van der Waals surface area contributed by atoms with Crippen molar-refractivity contribution in [2.75, 3.05) is 28.6 Å². The molecule has 0 aromatic heterocycles. The molecule has 0 spiro atoms. The van der Waals surface area contributed by atoms with Gasteiger partial charge < -0.3 is 15.5 Å². The number of hydrogen-bond acceptors (Lipinski definition) is 3. The topological polar surface area (TPSA) is 61.4 Å². The Morgan fingerprint density at radius 1 is 1.12 bits per heavy atom. The molecule has 1 saturated heterocycles. The molecule has 25 heavy (non-hydrogen) atoms. The van der Waals surface area contributed by atoms with Crippen molar-refractivity contribution in [2.45, 2.75) is 12.8 Å². The fourth-order valence-electron chi connectivity index (χ4n) is 2.65. The Morgan fingerprint density at radius 3 is 2.52 bits per heavy atom. The minimum absolute atomic E-state index is 0.0982. The Kier molecular flexibility index (Phi) is 5.46. The fourth-order valence-corrected chi connectivity index (χ4v) is 3.10. The molecule has 1 aliphatic heterocycles. The Bertz CT molecular complexity index is 793. The number of carbonyl (C=O) groups is 2. The number of halogens is 2. The van der Waals surface area contributed by atoms with Crippen molar-refractivity contribution in [3.05, 3.63) is 52.5 Å². The largest absolute Gasteiger partial charge is 0.376 e. The van der Waals surface area contributed by atoms with Gasteiger partial charge in [-0.2, -0.15) is 0 Å². The SMILES string of the molecule is O=C(CNc1ccc(N2CCCC2=O)cc1)Nc1ccc(Cl)cc1Cl. The number of amides is 2. The lowest BCUT2D eigenvalue weighted by molar-refractivity contribution is -0.117. The summed E-state index contributed by atoms with van der Waals surface area (Å²) >= 11 is 11.9. The van der Waals surface area contributed by atoms with Crippen LogP contribution in [0.15, 0.2) is 42.5 Å². The van der Waals surface area contributed by atoms with Crippen molar-refractivity contribution in [3.63, 3.8) is 0 Å². The van der Waals surface area contributed by atoms with Crippen LogP contribution in [0.2, 0.25) is 10.0 Å². The third-order valence-corrected chi connectivity index (χ3v) is 4.46. The molecule has 0 bridgehead atoms. The zero-order valence-corrected chi connectivity index (χ0v) is 14.9. The molecular formula is C18H17Cl2N3O2. The summed E-state index contributed by atoms with van der Waals surface area (Å²) in [4.78, 5) is 25.5. The van der Waals surface area contributed by atoms with Crippen LogP contribution < -0.4 is 15.5 Å². The summed E-state index contributed by atoms with van der Waals surface area (Å²) in [6, 6.07) is 12.3. The molecule has 5 nitrogen and oxygen atoms in total. The van der Waals surface area contributed by atoms with E-state index in [-0.39, 0.29) is 18.4 Å². The van der Waals surface area contributed by atoms with Gasteiger partial charge in [-0.05, 0) is 48.9 Å². The van der Waals surface area contributed by atoms with Gasteiger partial charge in [0.15, 0.2) is 0 Å². The summed E-state index contributed by atoms with van der Waals surface area (Å²) in [7, 11) is 0. The Balaban J connectivity index is 1.54. The summed E-state index contributed by atoms with van der Waals surface area (Å²) in [6.07, 6.45) is 1.50. The molecule has 2 amide bonds. The maximum Gasteiger partial charge on any atom is 0.243 e. The van der Waals surface area contributed by atoms with E-state index >= 15 is 0 Å². The number of nitrogens with one attached hydrogen (secondary N) is 2. The van der Waals surface area contributed by atoms with Crippen LogP contribution in [0, 0.1) is 0 Å². The van der Waals surface area contributed by atoms with Crippen molar-refractivity contribution in [3.8, 4) is 0 Å². The Morgan fingerprint density at radius 2 is 1.88 bits per heavy atom. The van der Waals surface area contributed by atoms with Crippen LogP contribution in [0.3, 0.4) is 0 Å². The average Bonchev–Trinajstić information content (AvgIpc) is 3.02. The molecule has 0 saturated carbocycles. The number of carbonyl (C=O) groups excluding carboxylic acids is 2. The second-order valence-corrected chi connectivity index (χ2v) is 6.57. The van der Waals surface area contributed by atoms with Crippen LogP contribution in [-0.4, -0.2) is 24.9 Å². The van der Waals surface area contributed by atoms with Crippen LogP contribution in [0.25, 0.3) is 0 Å². The second-order valence-electron chi connectivity index (χ2n) is 5.72. The number of benzene rings is 2. The van der Waals surface area contributed by atoms with Crippen molar-refractivity contribution in [1.29, 1.82) is 0 Å². The lowest BCUT2D eigenvalue weighted by atomic mass is 10.2. The van der Waals surface area contributed by atoms with Gasteiger partial charge in [-0.3, -0.25) is 9.59 Å². The Labute approximate surface area is 155 Å². The van der Waals surface area contributed by atoms with E-state index in [4.69, 9.17) is 23.2 Å². The van der Waals surface area contributed by atoms with Gasteiger partial charge in [0.1, 0.15) is 0 Å². The van der Waals surface area contributed by atoms with Gasteiger partial charge in [-0.25, -0.2) is 0 Å². The van der Waals surface area contributed by atoms with Gasteiger partial charge in [0, 0.05) is 29.4 Å². The maximum absolute atomic E-state index is 12.0. The Hall–Kier alpha value is -2.24. The molecule has 1 heterocycles. The van der Waals surface area contributed by atoms with E-state index in [2.05, 4.69) is 10.6 Å². The minimum atomic E-state index is -0.219. The molecule has 0 aliphatic carbocycles. The summed E-state index contributed by atoms with van der Waals surface area (Å²) in [5, 5.41) is 6.67. The van der Waals surface area contributed by atoms with E-state index in [0.29, 0.717) is 22.2 Å². The number of anilines is 3. The van der Waals surface area contributed by atoms with Gasteiger partial charge in [0.25, 0.3) is 0 Å². The van der Waals surface area contributed by atoms with E-state index in [1.165, 1.54) is 0 Å². The van der Waals surface area contributed by atoms with E-state index < -0.39 is 0 Å². The smallest absolute Gasteiger partial charge is 0.243 e. The number of rotatable bonds is 5. The lowest BCUT2D eigenvalue weighted by Crippen LogP contribution is -2.24. The van der Waals surface area contributed by atoms with Crippen LogP contribution in [0.4, 0.5) is 17.1 Å². The van der Waals surface area contributed by atoms with Crippen molar-refractivity contribution >= 4 is 52.1 Å². The molecule has 130 valence electrons. The normalized spacial score (nSPS) is 13.8. The molecule has 2 N–H and O–H groups in total. The highest BCUT2D eigenvalue weighted by Gasteiger charge is 2.21. The summed E-state index contributed by atoms with van der Waals surface area (Å²) in [5.74, 6) is -0.0667. The summed E-state index contributed by atoms with van der Waals surface area (Å²) < 4.78 is 0. The molecule has 2 aromatic rings. The standard InChI is InChI=1S/C18H17Cl2N3O2/c19-12-3-8-16(15(20)10-12)22-17(24)11-21-13-4-6-14(7-5-13)23-9-1-2-18(23)25/h3-8,10,21H,1-2,9,11H2,(H,22,24). The van der Waals surface area contributed by atoms with Gasteiger partial charge in [-0.1, -0.05) is 23.2 Å². The van der Waals surface area contributed by atoms with E-state index in [0.717, 1.165) is 24.3 Å². The van der Waals surface area contributed by atoms with Gasteiger partial charge >= 0.3 is 0 Å². The van der Waals surface area contributed by atoms with Crippen LogP contribution in [0.5, 0.6) is 0 Å². The molecule has 0 unspecified atom stereocenters. The first-order chi connectivity index (χ1) is 12.0. The molecule has 0 radical (unpaired) electrons. The first-order valence-corrected chi connectivity index (χ1v) is 8.68. The molecule has 3 rings (SSSR count). The van der Waals surface area contributed by atoms with E-state index in [1.807, 2.05) is 24.3 Å². The minimum Gasteiger partial charge on any atom is -0.376 e. The zero-order valence-electron chi connectivity index (χ0n) is 13.4. The van der Waals surface area contributed by atoms with Gasteiger partial charge in [0.05, 0.1) is 17.3 Å². The predicted molar refractivity (Wildman–Crippen MR) is 102 cm³/mol. The van der Waals surface area contributed by atoms with Gasteiger partial charge in [0.2, 0.25) is 11.8 Å². The van der Waals surface area contributed by atoms with E-state index in [9.17, 15) is 9.59 Å². The molecule has 1 aliphatic rings. The van der Waals surface area contributed by atoms with Crippen LogP contribution in [-0.2, 0) is 9.59 Å². The van der Waals surface area contributed by atoms with Crippen LogP contribution in [0.1, 0.15) is 12.8 Å². The second kappa shape index (κ2) is 7.76. The molecular weight excluding hydrogens is 361 g/mol. The maximum atomic E-state index is 12.0. The predicted octanol–water partition coefficient (Wildman–Crippen LogP) is 4.17. The van der Waals surface area contributed by atoms with Crippen LogP contribution >= 0.6 is 23.2 Å². The van der Waals surface area contributed by atoms with Crippen molar-refractivity contribution in [2.24, 2.45) is 0 Å². The fraction of sp³-hybridized carbons (Fsp3) is 0.222. The quantitative estimate of drug-likeness (QED) is 0.821. The highest BCUT2D eigenvalue weighted by Crippen LogP contribution is 2.25. The summed E-state index contributed by atoms with van der Waals surface area (Å²) in [5.41, 5.74) is 2.19. The molecule has 0 atom stereocenters. The number of hydrogen-bond donors (Lipinski definition) is 2. The molecule has 2 aromatic carbocycles. The van der Waals surface area contributed by atoms with Crippen molar-refractivity contribution in [1.82, 2.24) is 0 Å². The monoisotopic (exact) mass is 377 g/mol. The third-order valence-electron chi connectivity index (χ3n) is 3.91. The first-order valence-electron chi connectivity index (χ1n) is 7.92.